The van der Waals surface area contributed by atoms with Gasteiger partial charge in [-0.1, -0.05) is 6.07 Å². The first-order chi connectivity index (χ1) is 12.6. The van der Waals surface area contributed by atoms with Gasteiger partial charge in [-0.2, -0.15) is 0 Å². The number of nitrogens with one attached hydrogen (secondary N) is 1. The molecule has 6 nitrogen and oxygen atoms in total. The molecular weight excluding hydrogens is 330 g/mol. The van der Waals surface area contributed by atoms with E-state index >= 15 is 0 Å². The van der Waals surface area contributed by atoms with E-state index < -0.39 is 0 Å². The average Bonchev–Trinajstić information content (AvgIpc) is 3.28. The molecule has 1 aromatic carbocycles. The number of aromatic nitrogens is 1. The zero-order valence-electron chi connectivity index (χ0n) is 14.4. The van der Waals surface area contributed by atoms with Crippen molar-refractivity contribution < 1.29 is 14.0 Å². The van der Waals surface area contributed by atoms with Gasteiger partial charge < -0.3 is 14.6 Å². The Labute approximate surface area is 150 Å². The number of hydrogen-bond acceptors (Lipinski definition) is 4. The summed E-state index contributed by atoms with van der Waals surface area (Å²) in [5.74, 6) is 0.173. The number of benzene rings is 1. The third kappa shape index (κ3) is 3.06. The number of anilines is 1. The molecule has 1 atom stereocenters. The molecule has 1 aliphatic rings. The normalized spacial score (nSPS) is 17.0. The quantitative estimate of drug-likeness (QED) is 0.785. The highest BCUT2D eigenvalue weighted by Gasteiger charge is 2.34. The van der Waals surface area contributed by atoms with Crippen LogP contribution in [0.2, 0.25) is 0 Å². The van der Waals surface area contributed by atoms with E-state index in [0.717, 1.165) is 27.9 Å². The van der Waals surface area contributed by atoms with Gasteiger partial charge in [-0.15, -0.1) is 0 Å². The summed E-state index contributed by atoms with van der Waals surface area (Å²) in [6, 6.07) is 11.2. The Kier molecular flexibility index (Phi) is 4.16. The molecule has 0 radical (unpaired) electrons. The van der Waals surface area contributed by atoms with Crippen molar-refractivity contribution in [1.29, 1.82) is 0 Å². The number of amides is 2. The summed E-state index contributed by atoms with van der Waals surface area (Å²) >= 11 is 0. The topological polar surface area (TPSA) is 75.4 Å². The Morgan fingerprint density at radius 3 is 3.00 bits per heavy atom. The van der Waals surface area contributed by atoms with Crippen molar-refractivity contribution in [2.45, 2.75) is 19.9 Å². The summed E-state index contributed by atoms with van der Waals surface area (Å²) in [6.07, 6.45) is 3.54. The zero-order chi connectivity index (χ0) is 18.1. The molecule has 0 bridgehead atoms. The molecule has 2 aromatic heterocycles. The number of likely N-dealkylation sites (tertiary alicyclic amines) is 1. The second kappa shape index (κ2) is 6.63. The number of pyridine rings is 1. The molecule has 1 aliphatic heterocycles. The fraction of sp³-hybridized carbons (Fsp3) is 0.250. The van der Waals surface area contributed by atoms with Crippen LogP contribution in [0, 0.1) is 12.8 Å². The van der Waals surface area contributed by atoms with Gasteiger partial charge in [0.15, 0.2) is 0 Å². The van der Waals surface area contributed by atoms with Gasteiger partial charge in [-0.05, 0) is 42.8 Å². The molecule has 1 saturated heterocycles. The van der Waals surface area contributed by atoms with Gasteiger partial charge in [-0.25, -0.2) is 0 Å². The molecule has 26 heavy (non-hydrogen) atoms. The first-order valence-electron chi connectivity index (χ1n) is 8.57. The second-order valence-corrected chi connectivity index (χ2v) is 6.57. The van der Waals surface area contributed by atoms with Gasteiger partial charge in [0.2, 0.25) is 11.8 Å². The van der Waals surface area contributed by atoms with Crippen LogP contribution in [0.1, 0.15) is 17.7 Å². The van der Waals surface area contributed by atoms with Crippen LogP contribution in [0.25, 0.3) is 10.9 Å². The van der Waals surface area contributed by atoms with E-state index in [1.54, 1.807) is 23.4 Å². The van der Waals surface area contributed by atoms with E-state index in [2.05, 4.69) is 10.3 Å². The Morgan fingerprint density at radius 2 is 2.19 bits per heavy atom. The van der Waals surface area contributed by atoms with E-state index in [1.807, 2.05) is 37.3 Å². The molecule has 0 saturated carbocycles. The van der Waals surface area contributed by atoms with Gasteiger partial charge in [-0.3, -0.25) is 14.6 Å². The summed E-state index contributed by atoms with van der Waals surface area (Å²) in [5.41, 5.74) is 2.65. The van der Waals surface area contributed by atoms with E-state index in [-0.39, 0.29) is 24.2 Å². The Hall–Kier alpha value is -3.15. The average molecular weight is 349 g/mol. The third-order valence-electron chi connectivity index (χ3n) is 4.74. The monoisotopic (exact) mass is 349 g/mol. The number of furan rings is 1. The van der Waals surface area contributed by atoms with E-state index in [0.29, 0.717) is 13.1 Å². The number of carbonyl (C=O) groups is 2. The zero-order valence-corrected chi connectivity index (χ0v) is 14.4. The van der Waals surface area contributed by atoms with Crippen LogP contribution in [-0.2, 0) is 16.1 Å². The maximum Gasteiger partial charge on any atom is 0.229 e. The summed E-state index contributed by atoms with van der Waals surface area (Å²) in [4.78, 5) is 31.0. The summed E-state index contributed by atoms with van der Waals surface area (Å²) in [7, 11) is 0. The molecule has 1 unspecified atom stereocenters. The number of carbonyl (C=O) groups excluding carboxylic acids is 2. The number of hydrogen-bond donors (Lipinski definition) is 1. The van der Waals surface area contributed by atoms with Crippen LogP contribution in [0.5, 0.6) is 0 Å². The van der Waals surface area contributed by atoms with Crippen molar-refractivity contribution >= 4 is 28.4 Å². The van der Waals surface area contributed by atoms with Crippen molar-refractivity contribution in [3.8, 4) is 0 Å². The minimum Gasteiger partial charge on any atom is -0.467 e. The molecule has 132 valence electrons. The van der Waals surface area contributed by atoms with E-state index in [1.165, 1.54) is 0 Å². The van der Waals surface area contributed by atoms with Gasteiger partial charge in [0.1, 0.15) is 5.76 Å². The molecule has 3 heterocycles. The molecule has 4 rings (SSSR count). The second-order valence-electron chi connectivity index (χ2n) is 6.57. The van der Waals surface area contributed by atoms with E-state index in [4.69, 9.17) is 4.42 Å². The van der Waals surface area contributed by atoms with Gasteiger partial charge in [0.05, 0.1) is 29.9 Å². The minimum absolute atomic E-state index is 0.0306. The minimum atomic E-state index is -0.370. The predicted molar refractivity (Wildman–Crippen MR) is 97.3 cm³/mol. The van der Waals surface area contributed by atoms with Crippen LogP contribution in [-0.4, -0.2) is 28.2 Å². The Bertz CT molecular complexity index is 966. The Morgan fingerprint density at radius 1 is 1.31 bits per heavy atom. The number of nitrogens with zero attached hydrogens (tertiary/aromatic N) is 2. The highest BCUT2D eigenvalue weighted by atomic mass is 16.3. The lowest BCUT2D eigenvalue weighted by Gasteiger charge is -2.15. The SMILES string of the molecule is Cc1ccc(NC(=O)C2CC(=O)N(Cc3ccco3)C2)c2cccnc12. The molecule has 0 spiro atoms. The van der Waals surface area contributed by atoms with Gasteiger partial charge >= 0.3 is 0 Å². The lowest BCUT2D eigenvalue weighted by atomic mass is 10.1. The van der Waals surface area contributed by atoms with Crippen molar-refractivity contribution in [1.82, 2.24) is 9.88 Å². The van der Waals surface area contributed by atoms with Crippen LogP contribution in [0.3, 0.4) is 0 Å². The van der Waals surface area contributed by atoms with Crippen molar-refractivity contribution in [2.24, 2.45) is 5.92 Å². The first kappa shape index (κ1) is 16.3. The van der Waals surface area contributed by atoms with Crippen LogP contribution >= 0.6 is 0 Å². The first-order valence-corrected chi connectivity index (χ1v) is 8.57. The molecule has 3 aromatic rings. The summed E-state index contributed by atoms with van der Waals surface area (Å²) < 4.78 is 5.29. The maximum absolute atomic E-state index is 12.7. The molecular formula is C20H19N3O3. The summed E-state index contributed by atoms with van der Waals surface area (Å²) in [6.45, 7) is 2.78. The Balaban J connectivity index is 1.49. The maximum atomic E-state index is 12.7. The molecule has 1 fully saturated rings. The number of rotatable bonds is 4. The van der Waals surface area contributed by atoms with Crippen molar-refractivity contribution in [2.75, 3.05) is 11.9 Å². The van der Waals surface area contributed by atoms with Crippen LogP contribution in [0.4, 0.5) is 5.69 Å². The molecule has 0 aliphatic carbocycles. The lowest BCUT2D eigenvalue weighted by Crippen LogP contribution is -2.28. The van der Waals surface area contributed by atoms with Gasteiger partial charge in [0, 0.05) is 24.5 Å². The van der Waals surface area contributed by atoms with Gasteiger partial charge in [0.25, 0.3) is 0 Å². The highest BCUT2D eigenvalue weighted by Crippen LogP contribution is 2.27. The van der Waals surface area contributed by atoms with Crippen LogP contribution in [0.15, 0.2) is 53.3 Å². The van der Waals surface area contributed by atoms with Crippen molar-refractivity contribution in [3.63, 3.8) is 0 Å². The fourth-order valence-electron chi connectivity index (χ4n) is 3.35. The molecule has 2 amide bonds. The van der Waals surface area contributed by atoms with E-state index in [9.17, 15) is 9.59 Å². The van der Waals surface area contributed by atoms with Crippen LogP contribution < -0.4 is 5.32 Å². The highest BCUT2D eigenvalue weighted by molar-refractivity contribution is 6.04. The standard InChI is InChI=1S/C20H19N3O3/c1-13-6-7-17(16-5-2-8-21-19(13)16)22-20(25)14-10-18(24)23(11-14)12-15-4-3-9-26-15/h2-9,14H,10-12H2,1H3,(H,22,25). The number of fused-ring (bicyclic) bond motifs is 1. The fourth-order valence-corrected chi connectivity index (χ4v) is 3.35. The third-order valence-corrected chi connectivity index (χ3v) is 4.74. The largest absolute Gasteiger partial charge is 0.467 e. The number of aryl methyl sites for hydroxylation is 1. The molecule has 6 heteroatoms. The van der Waals surface area contributed by atoms with Crippen molar-refractivity contribution in [3.05, 3.63) is 60.2 Å². The smallest absolute Gasteiger partial charge is 0.229 e. The predicted octanol–water partition coefficient (Wildman–Crippen LogP) is 3.12. The summed E-state index contributed by atoms with van der Waals surface area (Å²) in [5, 5.41) is 3.87. The molecule has 1 N–H and O–H groups in total. The lowest BCUT2D eigenvalue weighted by molar-refractivity contribution is -0.128.